The first-order valence-corrected chi connectivity index (χ1v) is 2.63. The van der Waals surface area contributed by atoms with E-state index < -0.39 is 0 Å². The molecule has 0 fully saturated rings. The molecule has 0 unspecified atom stereocenters. The Morgan fingerprint density at radius 1 is 1.89 bits per heavy atom. The summed E-state index contributed by atoms with van der Waals surface area (Å²) in [5.41, 5.74) is 0.970. The average molecular weight is 127 g/mol. The van der Waals surface area contributed by atoms with Crippen molar-refractivity contribution in [2.24, 2.45) is 12.9 Å². The van der Waals surface area contributed by atoms with Crippen molar-refractivity contribution >= 4 is 0 Å². The molecule has 1 aromatic heterocycles. The number of aromatic nitrogens is 2. The average Bonchev–Trinajstić information content (AvgIpc) is 2.18. The number of nitrogens with zero attached hydrogens (tertiary/aromatic N) is 2. The van der Waals surface area contributed by atoms with Gasteiger partial charge >= 0.3 is 0 Å². The molecule has 0 spiro atoms. The third-order valence-electron chi connectivity index (χ3n) is 1.15. The number of hydrogen-bond acceptors (Lipinski definition) is 3. The van der Waals surface area contributed by atoms with Gasteiger partial charge in [0, 0.05) is 13.2 Å². The molecule has 0 aromatic carbocycles. The second-order valence-corrected chi connectivity index (χ2v) is 1.76. The Labute approximate surface area is 53.2 Å². The van der Waals surface area contributed by atoms with Crippen molar-refractivity contribution in [3.05, 3.63) is 18.0 Å². The Kier molecular flexibility index (Phi) is 1.81. The van der Waals surface area contributed by atoms with Gasteiger partial charge in [0.1, 0.15) is 6.61 Å². The highest BCUT2D eigenvalue weighted by atomic mass is 16.6. The summed E-state index contributed by atoms with van der Waals surface area (Å²) in [6.07, 6.45) is 1.70. The second-order valence-electron chi connectivity index (χ2n) is 1.76. The van der Waals surface area contributed by atoms with Crippen molar-refractivity contribution in [3.8, 4) is 0 Å². The maximum absolute atomic E-state index is 4.85. The van der Waals surface area contributed by atoms with E-state index in [9.17, 15) is 0 Å². The van der Waals surface area contributed by atoms with E-state index >= 15 is 0 Å². The number of hydrogen-bond donors (Lipinski definition) is 1. The van der Waals surface area contributed by atoms with Gasteiger partial charge in [-0.1, -0.05) is 0 Å². The topological polar surface area (TPSA) is 53.1 Å². The molecule has 1 heterocycles. The lowest BCUT2D eigenvalue weighted by molar-refractivity contribution is 0.118. The molecule has 2 N–H and O–H groups in total. The minimum Gasteiger partial charge on any atom is -0.298 e. The predicted molar refractivity (Wildman–Crippen MR) is 32.2 cm³/mol. The monoisotopic (exact) mass is 127 g/mol. The summed E-state index contributed by atoms with van der Waals surface area (Å²) in [4.78, 5) is 4.41. The smallest absolute Gasteiger partial charge is 0.110 e. The summed E-state index contributed by atoms with van der Waals surface area (Å²) in [7, 11) is 1.84. The predicted octanol–water partition coefficient (Wildman–Crippen LogP) is -0.190. The van der Waals surface area contributed by atoms with Crippen LogP contribution in [0.15, 0.2) is 12.3 Å². The Morgan fingerprint density at radius 3 is 3.11 bits per heavy atom. The number of rotatable bonds is 2. The van der Waals surface area contributed by atoms with Crippen molar-refractivity contribution < 1.29 is 4.84 Å². The van der Waals surface area contributed by atoms with Crippen LogP contribution in [0.3, 0.4) is 0 Å². The Bertz CT molecular complexity index is 184. The fourth-order valence-electron chi connectivity index (χ4n) is 0.628. The standard InChI is InChI=1S/C5H9N3O/c1-8-5(4-9-6)2-3-7-8/h2-3H,4,6H2,1H3. The largest absolute Gasteiger partial charge is 0.298 e. The van der Waals surface area contributed by atoms with Gasteiger partial charge < -0.3 is 0 Å². The molecule has 0 bridgehead atoms. The summed E-state index contributed by atoms with van der Waals surface area (Å²) in [5.74, 6) is 4.85. The number of nitrogens with two attached hydrogens (primary N) is 1. The van der Waals surface area contributed by atoms with Crippen molar-refractivity contribution in [3.63, 3.8) is 0 Å². The van der Waals surface area contributed by atoms with E-state index in [0.29, 0.717) is 6.61 Å². The molecular weight excluding hydrogens is 118 g/mol. The zero-order valence-corrected chi connectivity index (χ0v) is 5.24. The summed E-state index contributed by atoms with van der Waals surface area (Å²) in [6, 6.07) is 1.85. The fourth-order valence-corrected chi connectivity index (χ4v) is 0.628. The maximum Gasteiger partial charge on any atom is 0.110 e. The lowest BCUT2D eigenvalue weighted by Gasteiger charge is -1.96. The Balaban J connectivity index is 2.69. The van der Waals surface area contributed by atoms with Gasteiger partial charge in [0.15, 0.2) is 0 Å². The summed E-state index contributed by atoms with van der Waals surface area (Å²) in [5, 5.41) is 3.92. The van der Waals surface area contributed by atoms with Crippen molar-refractivity contribution in [2.45, 2.75) is 6.61 Å². The SMILES string of the molecule is Cn1nccc1CON. The highest BCUT2D eigenvalue weighted by Gasteiger charge is 1.94. The van der Waals surface area contributed by atoms with Crippen LogP contribution in [0.4, 0.5) is 0 Å². The van der Waals surface area contributed by atoms with Crippen molar-refractivity contribution in [1.29, 1.82) is 0 Å². The Morgan fingerprint density at radius 2 is 2.67 bits per heavy atom. The van der Waals surface area contributed by atoms with Gasteiger partial charge in [-0.3, -0.25) is 9.52 Å². The highest BCUT2D eigenvalue weighted by Crippen LogP contribution is 1.95. The molecular formula is C5H9N3O. The van der Waals surface area contributed by atoms with Crippen LogP contribution in [-0.4, -0.2) is 9.78 Å². The number of aryl methyl sites for hydroxylation is 1. The summed E-state index contributed by atoms with van der Waals surface area (Å²) >= 11 is 0. The molecule has 0 aliphatic carbocycles. The lowest BCUT2D eigenvalue weighted by atomic mass is 10.5. The van der Waals surface area contributed by atoms with Gasteiger partial charge in [-0.2, -0.15) is 5.10 Å². The van der Waals surface area contributed by atoms with E-state index in [1.807, 2.05) is 13.1 Å². The van der Waals surface area contributed by atoms with Crippen molar-refractivity contribution in [2.75, 3.05) is 0 Å². The van der Waals surface area contributed by atoms with Crippen LogP contribution in [0.2, 0.25) is 0 Å². The molecule has 0 atom stereocenters. The van der Waals surface area contributed by atoms with Crippen LogP contribution in [0.5, 0.6) is 0 Å². The molecule has 0 saturated carbocycles. The Hall–Kier alpha value is -0.870. The first-order valence-electron chi connectivity index (χ1n) is 2.63. The maximum atomic E-state index is 4.85. The quantitative estimate of drug-likeness (QED) is 0.560. The lowest BCUT2D eigenvalue weighted by Crippen LogP contribution is -2.04. The minimum absolute atomic E-state index is 0.413. The van der Waals surface area contributed by atoms with Crippen LogP contribution in [0.25, 0.3) is 0 Å². The zero-order valence-electron chi connectivity index (χ0n) is 5.24. The first-order chi connectivity index (χ1) is 4.34. The molecule has 1 rings (SSSR count). The molecule has 0 aliphatic rings. The normalized spacial score (nSPS) is 10.0. The van der Waals surface area contributed by atoms with Crippen LogP contribution in [0, 0.1) is 0 Å². The molecule has 50 valence electrons. The van der Waals surface area contributed by atoms with Gasteiger partial charge in [-0.25, -0.2) is 5.90 Å². The minimum atomic E-state index is 0.413. The third kappa shape index (κ3) is 1.28. The van der Waals surface area contributed by atoms with Crippen LogP contribution in [-0.2, 0) is 18.5 Å². The van der Waals surface area contributed by atoms with Gasteiger partial charge in [-0.15, -0.1) is 0 Å². The summed E-state index contributed by atoms with van der Waals surface area (Å²) in [6.45, 7) is 0.413. The van der Waals surface area contributed by atoms with E-state index in [0.717, 1.165) is 5.69 Å². The van der Waals surface area contributed by atoms with E-state index in [2.05, 4.69) is 9.94 Å². The van der Waals surface area contributed by atoms with Gasteiger partial charge in [0.05, 0.1) is 5.69 Å². The van der Waals surface area contributed by atoms with Gasteiger partial charge in [0.2, 0.25) is 0 Å². The first kappa shape index (κ1) is 6.25. The van der Waals surface area contributed by atoms with Crippen LogP contribution in [0.1, 0.15) is 5.69 Å². The molecule has 1 aromatic rings. The van der Waals surface area contributed by atoms with Crippen LogP contribution >= 0.6 is 0 Å². The molecule has 9 heavy (non-hydrogen) atoms. The fraction of sp³-hybridized carbons (Fsp3) is 0.400. The van der Waals surface area contributed by atoms with Gasteiger partial charge in [-0.05, 0) is 6.07 Å². The van der Waals surface area contributed by atoms with Crippen LogP contribution < -0.4 is 5.90 Å². The van der Waals surface area contributed by atoms with E-state index in [1.54, 1.807) is 10.9 Å². The molecule has 0 amide bonds. The molecule has 4 heteroatoms. The molecule has 0 aliphatic heterocycles. The second kappa shape index (κ2) is 2.61. The van der Waals surface area contributed by atoms with Crippen molar-refractivity contribution in [1.82, 2.24) is 9.78 Å². The molecule has 4 nitrogen and oxygen atoms in total. The molecule has 0 radical (unpaired) electrons. The zero-order chi connectivity index (χ0) is 6.69. The molecule has 0 saturated heterocycles. The summed E-state index contributed by atoms with van der Waals surface area (Å²) < 4.78 is 1.72. The van der Waals surface area contributed by atoms with Gasteiger partial charge in [0.25, 0.3) is 0 Å². The highest BCUT2D eigenvalue weighted by molar-refractivity contribution is 4.97. The third-order valence-corrected chi connectivity index (χ3v) is 1.15. The van der Waals surface area contributed by atoms with E-state index in [1.165, 1.54) is 0 Å². The van der Waals surface area contributed by atoms with E-state index in [-0.39, 0.29) is 0 Å². The van der Waals surface area contributed by atoms with E-state index in [4.69, 9.17) is 5.90 Å².